The maximum absolute atomic E-state index is 14.9. The highest BCUT2D eigenvalue weighted by Crippen LogP contribution is 2.25. The van der Waals surface area contributed by atoms with Gasteiger partial charge in [0.2, 0.25) is 11.9 Å². The summed E-state index contributed by atoms with van der Waals surface area (Å²) >= 11 is 0. The lowest BCUT2D eigenvalue weighted by atomic mass is 10.2. The molecule has 5 rings (SSSR count). The number of rotatable bonds is 6. The van der Waals surface area contributed by atoms with Crippen molar-refractivity contribution in [1.82, 2.24) is 19.5 Å². The van der Waals surface area contributed by atoms with Crippen LogP contribution in [-0.4, -0.2) is 51.7 Å². The molecule has 182 valence electrons. The Morgan fingerprint density at radius 3 is 2.72 bits per heavy atom. The van der Waals surface area contributed by atoms with Gasteiger partial charge < -0.3 is 20.3 Å². The third-order valence-electron chi connectivity index (χ3n) is 5.67. The zero-order valence-electron chi connectivity index (χ0n) is 19.1. The van der Waals surface area contributed by atoms with Crippen molar-refractivity contribution in [2.75, 3.05) is 41.8 Å². The average molecular weight is 487 g/mol. The first-order valence-corrected chi connectivity index (χ1v) is 11.2. The second-order valence-electron chi connectivity index (χ2n) is 7.98. The number of hydrogen-bond acceptors (Lipinski definition) is 8. The van der Waals surface area contributed by atoms with Gasteiger partial charge in [0.15, 0.2) is 5.65 Å². The first-order chi connectivity index (χ1) is 17.5. The molecule has 1 aliphatic rings. The van der Waals surface area contributed by atoms with E-state index in [2.05, 4.69) is 37.1 Å². The zero-order valence-corrected chi connectivity index (χ0v) is 19.1. The van der Waals surface area contributed by atoms with Crippen molar-refractivity contribution in [1.29, 1.82) is 0 Å². The summed E-state index contributed by atoms with van der Waals surface area (Å²) in [6, 6.07) is 11.8. The Bertz CT molecular complexity index is 1520. The number of carbonyl (C=O) groups is 1. The molecular formula is C25H22FN7O3. The molecule has 0 saturated carbocycles. The molecule has 4 aromatic rings. The van der Waals surface area contributed by atoms with Crippen LogP contribution >= 0.6 is 0 Å². The van der Waals surface area contributed by atoms with Gasteiger partial charge in [-0.25, -0.2) is 9.37 Å². The summed E-state index contributed by atoms with van der Waals surface area (Å²) in [5.74, 6) is -0.707. The monoisotopic (exact) mass is 487 g/mol. The number of nitrogens with zero attached hydrogens (tertiary/aromatic N) is 5. The maximum atomic E-state index is 14.9. The first-order valence-electron chi connectivity index (χ1n) is 11.2. The predicted molar refractivity (Wildman–Crippen MR) is 134 cm³/mol. The minimum absolute atomic E-state index is 0.107. The zero-order chi connectivity index (χ0) is 25.1. The molecule has 0 bridgehead atoms. The smallest absolute Gasteiger partial charge is 0.283 e. The van der Waals surface area contributed by atoms with E-state index in [1.165, 1.54) is 24.7 Å². The Morgan fingerprint density at radius 1 is 1.11 bits per heavy atom. The SMILES string of the molecule is C=CC(=O)Nc1cccc(-n2cnc(=O)c3cnc(Nc4ccc(N5CCOCC5)cc4F)nc32)c1. The van der Waals surface area contributed by atoms with Crippen LogP contribution in [0.1, 0.15) is 0 Å². The average Bonchev–Trinajstić information content (AvgIpc) is 2.90. The van der Waals surface area contributed by atoms with Gasteiger partial charge in [0.1, 0.15) is 17.5 Å². The van der Waals surface area contributed by atoms with E-state index in [-0.39, 0.29) is 28.6 Å². The highest BCUT2D eigenvalue weighted by atomic mass is 19.1. The van der Waals surface area contributed by atoms with Crippen molar-refractivity contribution >= 4 is 40.0 Å². The standard InChI is InChI=1S/C25H22FN7O3/c1-2-22(34)29-16-4-3-5-18(12-16)33-15-28-24(35)19-14-27-25(31-23(19)33)30-21-7-6-17(13-20(21)26)32-8-10-36-11-9-32/h2-7,12-15H,1,8-11H2,(H,29,34)(H,27,30,31). The number of morpholine rings is 1. The lowest BCUT2D eigenvalue weighted by Crippen LogP contribution is -2.36. The molecule has 3 heterocycles. The van der Waals surface area contributed by atoms with E-state index >= 15 is 0 Å². The molecule has 0 unspecified atom stereocenters. The van der Waals surface area contributed by atoms with Crippen molar-refractivity contribution in [2.45, 2.75) is 0 Å². The van der Waals surface area contributed by atoms with Crippen LogP contribution in [0.25, 0.3) is 16.7 Å². The van der Waals surface area contributed by atoms with Gasteiger partial charge in [0.05, 0.1) is 24.6 Å². The molecule has 36 heavy (non-hydrogen) atoms. The largest absolute Gasteiger partial charge is 0.378 e. The number of ether oxygens (including phenoxy) is 1. The Kier molecular flexibility index (Phi) is 6.37. The number of carbonyl (C=O) groups excluding carboxylic acids is 1. The van der Waals surface area contributed by atoms with Crippen molar-refractivity contribution in [3.63, 3.8) is 0 Å². The number of hydrogen-bond donors (Lipinski definition) is 2. The molecule has 2 N–H and O–H groups in total. The topological polar surface area (TPSA) is 114 Å². The van der Waals surface area contributed by atoms with Gasteiger partial charge >= 0.3 is 0 Å². The lowest BCUT2D eigenvalue weighted by Gasteiger charge is -2.29. The van der Waals surface area contributed by atoms with E-state index in [4.69, 9.17) is 4.74 Å². The van der Waals surface area contributed by atoms with Crippen LogP contribution in [0, 0.1) is 5.82 Å². The van der Waals surface area contributed by atoms with Gasteiger partial charge in [-0.2, -0.15) is 9.97 Å². The molecular weight excluding hydrogens is 465 g/mol. The number of halogens is 1. The molecule has 1 amide bonds. The van der Waals surface area contributed by atoms with Crippen LogP contribution in [0.5, 0.6) is 0 Å². The Labute approximate surface area is 205 Å². The molecule has 11 heteroatoms. The number of benzene rings is 2. The van der Waals surface area contributed by atoms with E-state index in [1.54, 1.807) is 34.9 Å². The molecule has 0 radical (unpaired) electrons. The van der Waals surface area contributed by atoms with Crippen molar-refractivity contribution < 1.29 is 13.9 Å². The Hall–Kier alpha value is -4.64. The lowest BCUT2D eigenvalue weighted by molar-refractivity contribution is -0.111. The highest BCUT2D eigenvalue weighted by Gasteiger charge is 2.15. The van der Waals surface area contributed by atoms with Crippen molar-refractivity contribution in [3.8, 4) is 5.69 Å². The van der Waals surface area contributed by atoms with Gasteiger partial charge in [-0.15, -0.1) is 0 Å². The summed E-state index contributed by atoms with van der Waals surface area (Å²) in [4.78, 5) is 38.7. The summed E-state index contributed by atoms with van der Waals surface area (Å²) in [5, 5.41) is 5.77. The fraction of sp³-hybridized carbons (Fsp3) is 0.160. The molecule has 1 aliphatic heterocycles. The minimum atomic E-state index is -0.495. The molecule has 1 saturated heterocycles. The van der Waals surface area contributed by atoms with E-state index in [0.29, 0.717) is 37.7 Å². The van der Waals surface area contributed by atoms with E-state index in [9.17, 15) is 14.0 Å². The summed E-state index contributed by atoms with van der Waals surface area (Å²) < 4.78 is 21.8. The number of nitrogens with one attached hydrogen (secondary N) is 2. The maximum Gasteiger partial charge on any atom is 0.283 e. The van der Waals surface area contributed by atoms with Crippen LogP contribution in [0.4, 0.5) is 27.4 Å². The third-order valence-corrected chi connectivity index (χ3v) is 5.67. The summed E-state index contributed by atoms with van der Waals surface area (Å²) in [5.41, 5.74) is 1.86. The Balaban J connectivity index is 1.48. The molecule has 10 nitrogen and oxygen atoms in total. The molecule has 0 spiro atoms. The van der Waals surface area contributed by atoms with E-state index in [0.717, 1.165) is 5.69 Å². The van der Waals surface area contributed by atoms with Crippen LogP contribution in [0.3, 0.4) is 0 Å². The number of anilines is 4. The van der Waals surface area contributed by atoms with E-state index in [1.807, 2.05) is 6.07 Å². The van der Waals surface area contributed by atoms with Gasteiger partial charge in [0, 0.05) is 30.7 Å². The number of fused-ring (bicyclic) bond motifs is 1. The molecule has 2 aromatic heterocycles. The fourth-order valence-corrected chi connectivity index (χ4v) is 3.86. The highest BCUT2D eigenvalue weighted by molar-refractivity contribution is 5.99. The molecule has 2 aromatic carbocycles. The molecule has 0 aliphatic carbocycles. The van der Waals surface area contributed by atoms with Gasteiger partial charge in [0.25, 0.3) is 5.56 Å². The quantitative estimate of drug-likeness (QED) is 0.399. The van der Waals surface area contributed by atoms with Gasteiger partial charge in [-0.05, 0) is 42.5 Å². The molecule has 0 atom stereocenters. The van der Waals surface area contributed by atoms with E-state index < -0.39 is 11.4 Å². The Morgan fingerprint density at radius 2 is 1.94 bits per heavy atom. The van der Waals surface area contributed by atoms with Crippen LogP contribution in [0.2, 0.25) is 0 Å². The van der Waals surface area contributed by atoms with Crippen molar-refractivity contribution in [2.24, 2.45) is 0 Å². The summed E-state index contributed by atoms with van der Waals surface area (Å²) in [6.07, 6.45) is 3.86. The van der Waals surface area contributed by atoms with Crippen molar-refractivity contribution in [3.05, 3.63) is 83.8 Å². The second-order valence-corrected chi connectivity index (χ2v) is 7.98. The summed E-state index contributed by atoms with van der Waals surface area (Å²) in [6.45, 7) is 6.05. The third kappa shape index (κ3) is 4.77. The number of aromatic nitrogens is 4. The second kappa shape index (κ2) is 9.92. The van der Waals surface area contributed by atoms with Crippen LogP contribution in [-0.2, 0) is 9.53 Å². The summed E-state index contributed by atoms with van der Waals surface area (Å²) in [7, 11) is 0. The minimum Gasteiger partial charge on any atom is -0.378 e. The number of amides is 1. The van der Waals surface area contributed by atoms with Gasteiger partial charge in [-0.3, -0.25) is 14.2 Å². The van der Waals surface area contributed by atoms with Crippen LogP contribution in [0.15, 0.2) is 72.4 Å². The first kappa shape index (κ1) is 23.1. The molecule has 1 fully saturated rings. The normalized spacial score (nSPS) is 13.4. The fourth-order valence-electron chi connectivity index (χ4n) is 3.86. The predicted octanol–water partition coefficient (Wildman–Crippen LogP) is 3.02. The van der Waals surface area contributed by atoms with Gasteiger partial charge in [-0.1, -0.05) is 12.6 Å². The van der Waals surface area contributed by atoms with Crippen LogP contribution < -0.4 is 21.1 Å².